The van der Waals surface area contributed by atoms with Gasteiger partial charge in [0.2, 0.25) is 10.0 Å². The minimum absolute atomic E-state index is 0.0379. The highest BCUT2D eigenvalue weighted by Crippen LogP contribution is 2.14. The quantitative estimate of drug-likeness (QED) is 0.586. The number of esters is 1. The van der Waals surface area contributed by atoms with E-state index in [1.165, 1.54) is 12.1 Å². The van der Waals surface area contributed by atoms with Crippen LogP contribution < -0.4 is 10.0 Å². The van der Waals surface area contributed by atoms with E-state index in [2.05, 4.69) is 10.0 Å². The van der Waals surface area contributed by atoms with Gasteiger partial charge in [0.05, 0.1) is 4.90 Å². The van der Waals surface area contributed by atoms with Gasteiger partial charge in [0.15, 0.2) is 6.61 Å². The van der Waals surface area contributed by atoms with E-state index in [4.69, 9.17) is 16.3 Å². The third-order valence-electron chi connectivity index (χ3n) is 4.04. The van der Waals surface area contributed by atoms with Crippen LogP contribution in [0, 0.1) is 5.92 Å². The molecule has 0 spiro atoms. The summed E-state index contributed by atoms with van der Waals surface area (Å²) >= 11 is 6.02. The van der Waals surface area contributed by atoms with Crippen molar-refractivity contribution in [2.45, 2.75) is 31.3 Å². The number of ether oxygens (including phenoxy) is 1. The Kier molecular flexibility index (Phi) is 8.19. The molecule has 1 amide bonds. The molecule has 0 fully saturated rings. The predicted octanol–water partition coefficient (Wildman–Crippen LogP) is 2.50. The second-order valence-electron chi connectivity index (χ2n) is 6.63. The van der Waals surface area contributed by atoms with Gasteiger partial charge >= 0.3 is 5.97 Å². The molecule has 0 aliphatic carbocycles. The largest absolute Gasteiger partial charge is 0.454 e. The Labute approximate surface area is 175 Å². The van der Waals surface area contributed by atoms with Crippen molar-refractivity contribution in [1.29, 1.82) is 0 Å². The molecule has 0 radical (unpaired) electrons. The van der Waals surface area contributed by atoms with E-state index in [9.17, 15) is 18.0 Å². The summed E-state index contributed by atoms with van der Waals surface area (Å²) in [5, 5.41) is 3.11. The summed E-state index contributed by atoms with van der Waals surface area (Å²) in [5.41, 5.74) is 0.726. The standard InChI is InChI=1S/C20H23ClN2O5S/c1-14(2)19(23-29(26,27)16-9-4-3-5-10-16)20(25)28-13-18(24)22-12-15-8-6-7-11-17(15)21/h3-11,14,19,23H,12-13H2,1-2H3,(H,22,24)/t19-/m1/s1. The summed E-state index contributed by atoms with van der Waals surface area (Å²) < 4.78 is 32.3. The van der Waals surface area contributed by atoms with Gasteiger partial charge in [-0.25, -0.2) is 8.42 Å². The topological polar surface area (TPSA) is 102 Å². The van der Waals surface area contributed by atoms with Gasteiger partial charge in [0, 0.05) is 11.6 Å². The smallest absolute Gasteiger partial charge is 0.324 e. The van der Waals surface area contributed by atoms with Gasteiger partial charge in [-0.1, -0.05) is 61.8 Å². The molecule has 1 atom stereocenters. The number of nitrogens with one attached hydrogen (secondary N) is 2. The van der Waals surface area contributed by atoms with Crippen molar-refractivity contribution in [1.82, 2.24) is 10.0 Å². The van der Waals surface area contributed by atoms with Gasteiger partial charge in [0.25, 0.3) is 5.91 Å². The lowest BCUT2D eigenvalue weighted by molar-refractivity contribution is -0.151. The number of amides is 1. The van der Waals surface area contributed by atoms with Crippen LogP contribution in [0.25, 0.3) is 0 Å². The molecule has 29 heavy (non-hydrogen) atoms. The van der Waals surface area contributed by atoms with Gasteiger partial charge in [-0.3, -0.25) is 9.59 Å². The Balaban J connectivity index is 1.92. The SMILES string of the molecule is CC(C)[C@@H](NS(=O)(=O)c1ccccc1)C(=O)OCC(=O)NCc1ccccc1Cl. The maximum absolute atomic E-state index is 12.5. The molecule has 0 aliphatic heterocycles. The van der Waals surface area contributed by atoms with Crippen molar-refractivity contribution in [2.75, 3.05) is 6.61 Å². The minimum atomic E-state index is -3.91. The Bertz CT molecular complexity index is 948. The van der Waals surface area contributed by atoms with E-state index >= 15 is 0 Å². The molecule has 2 N–H and O–H groups in total. The number of carbonyl (C=O) groups is 2. The molecule has 0 saturated heterocycles. The maximum Gasteiger partial charge on any atom is 0.324 e. The first kappa shape index (κ1) is 22.9. The fraction of sp³-hybridized carbons (Fsp3) is 0.300. The van der Waals surface area contributed by atoms with Crippen molar-refractivity contribution in [3.63, 3.8) is 0 Å². The lowest BCUT2D eigenvalue weighted by Crippen LogP contribution is -2.46. The van der Waals surface area contributed by atoms with Crippen LogP contribution >= 0.6 is 11.6 Å². The predicted molar refractivity (Wildman–Crippen MR) is 110 cm³/mol. The highest BCUT2D eigenvalue weighted by molar-refractivity contribution is 7.89. The monoisotopic (exact) mass is 438 g/mol. The summed E-state index contributed by atoms with van der Waals surface area (Å²) in [6, 6.07) is 13.6. The van der Waals surface area contributed by atoms with Crippen molar-refractivity contribution in [2.24, 2.45) is 5.92 Å². The van der Waals surface area contributed by atoms with Gasteiger partial charge < -0.3 is 10.1 Å². The Morgan fingerprint density at radius 3 is 2.28 bits per heavy atom. The summed E-state index contributed by atoms with van der Waals surface area (Å²) in [5.74, 6) is -1.73. The first-order valence-corrected chi connectivity index (χ1v) is 10.8. The molecule has 0 unspecified atom stereocenters. The van der Waals surface area contributed by atoms with E-state index in [1.54, 1.807) is 56.3 Å². The molecular formula is C20H23ClN2O5S. The van der Waals surface area contributed by atoms with Crippen molar-refractivity contribution in [3.05, 3.63) is 65.2 Å². The summed E-state index contributed by atoms with van der Waals surface area (Å²) in [7, 11) is -3.91. The van der Waals surface area contributed by atoms with Gasteiger partial charge in [-0.15, -0.1) is 0 Å². The van der Waals surface area contributed by atoms with Crippen molar-refractivity contribution >= 4 is 33.5 Å². The van der Waals surface area contributed by atoms with Gasteiger partial charge in [0.1, 0.15) is 6.04 Å². The Morgan fingerprint density at radius 2 is 1.66 bits per heavy atom. The van der Waals surface area contributed by atoms with E-state index in [0.29, 0.717) is 5.02 Å². The zero-order chi connectivity index (χ0) is 21.4. The minimum Gasteiger partial charge on any atom is -0.454 e. The molecular weight excluding hydrogens is 416 g/mol. The van der Waals surface area contributed by atoms with Crippen LogP contribution in [0.3, 0.4) is 0 Å². The third kappa shape index (κ3) is 6.85. The number of hydrogen-bond donors (Lipinski definition) is 2. The molecule has 0 saturated carbocycles. The molecule has 156 valence electrons. The zero-order valence-electron chi connectivity index (χ0n) is 16.1. The number of carbonyl (C=O) groups excluding carboxylic acids is 2. The first-order valence-electron chi connectivity index (χ1n) is 8.95. The lowest BCUT2D eigenvalue weighted by atomic mass is 10.1. The fourth-order valence-electron chi connectivity index (χ4n) is 2.40. The molecule has 7 nitrogen and oxygen atoms in total. The number of benzene rings is 2. The van der Waals surface area contributed by atoms with E-state index in [0.717, 1.165) is 5.56 Å². The highest BCUT2D eigenvalue weighted by atomic mass is 35.5. The second kappa shape index (κ2) is 10.4. The highest BCUT2D eigenvalue weighted by Gasteiger charge is 2.30. The lowest BCUT2D eigenvalue weighted by Gasteiger charge is -2.20. The summed E-state index contributed by atoms with van der Waals surface area (Å²) in [4.78, 5) is 24.4. The molecule has 9 heteroatoms. The van der Waals surface area contributed by atoms with Crippen molar-refractivity contribution < 1.29 is 22.7 Å². The van der Waals surface area contributed by atoms with E-state index in [1.807, 2.05) is 0 Å². The zero-order valence-corrected chi connectivity index (χ0v) is 17.7. The summed E-state index contributed by atoms with van der Waals surface area (Å²) in [6.07, 6.45) is 0. The molecule has 2 rings (SSSR count). The van der Waals surface area contributed by atoms with E-state index < -0.39 is 34.5 Å². The average molecular weight is 439 g/mol. The molecule has 2 aromatic carbocycles. The molecule has 0 aromatic heterocycles. The number of halogens is 1. The molecule has 0 aliphatic rings. The van der Waals surface area contributed by atoms with Crippen LogP contribution in [0.4, 0.5) is 0 Å². The van der Waals surface area contributed by atoms with Crippen LogP contribution in [0.15, 0.2) is 59.5 Å². The third-order valence-corrected chi connectivity index (χ3v) is 5.86. The van der Waals surface area contributed by atoms with Gasteiger partial charge in [-0.2, -0.15) is 4.72 Å². The van der Waals surface area contributed by atoms with Crippen LogP contribution in [0.5, 0.6) is 0 Å². The van der Waals surface area contributed by atoms with E-state index in [-0.39, 0.29) is 17.4 Å². The molecule has 2 aromatic rings. The first-order chi connectivity index (χ1) is 13.7. The average Bonchev–Trinajstić information content (AvgIpc) is 2.70. The van der Waals surface area contributed by atoms with Crippen molar-refractivity contribution in [3.8, 4) is 0 Å². The number of hydrogen-bond acceptors (Lipinski definition) is 5. The van der Waals surface area contributed by atoms with Crippen LogP contribution in [-0.4, -0.2) is 32.9 Å². The maximum atomic E-state index is 12.5. The number of rotatable bonds is 9. The molecule has 0 heterocycles. The fourth-order valence-corrected chi connectivity index (χ4v) is 3.96. The molecule has 0 bridgehead atoms. The summed E-state index contributed by atoms with van der Waals surface area (Å²) in [6.45, 7) is 3.01. The van der Waals surface area contributed by atoms with Crippen LogP contribution in [-0.2, 0) is 30.9 Å². The van der Waals surface area contributed by atoms with Crippen LogP contribution in [0.1, 0.15) is 19.4 Å². The van der Waals surface area contributed by atoms with Gasteiger partial charge in [-0.05, 0) is 29.7 Å². The Morgan fingerprint density at radius 1 is 1.03 bits per heavy atom. The van der Waals surface area contributed by atoms with Crippen LogP contribution in [0.2, 0.25) is 5.02 Å². The number of sulfonamides is 1. The normalized spacial score (nSPS) is 12.4. The Hall–Kier alpha value is -2.42. The second-order valence-corrected chi connectivity index (χ2v) is 8.75.